The van der Waals surface area contributed by atoms with Crippen molar-refractivity contribution >= 4 is 18.0 Å². The molecule has 0 aliphatic heterocycles. The molecule has 0 atom stereocenters. The summed E-state index contributed by atoms with van der Waals surface area (Å²) in [7, 11) is 0. The fourth-order valence-electron chi connectivity index (χ4n) is 2.84. The zero-order chi connectivity index (χ0) is 17.4. The highest BCUT2D eigenvalue weighted by molar-refractivity contribution is 5.89. The van der Waals surface area contributed by atoms with E-state index in [9.17, 15) is 14.9 Å². The molecule has 5 heteroatoms. The average Bonchev–Trinajstić information content (AvgIpc) is 2.60. The molecule has 0 heterocycles. The zero-order valence-electron chi connectivity index (χ0n) is 13.9. The minimum Gasteiger partial charge on any atom is -0.452 e. The van der Waals surface area contributed by atoms with Crippen LogP contribution in [0.25, 0.3) is 6.08 Å². The number of carbonyl (C=O) groups is 2. The summed E-state index contributed by atoms with van der Waals surface area (Å²) >= 11 is 0. The molecule has 0 radical (unpaired) electrons. The Morgan fingerprint density at radius 1 is 1.29 bits per heavy atom. The first-order chi connectivity index (χ1) is 11.5. The summed E-state index contributed by atoms with van der Waals surface area (Å²) in [6.07, 6.45) is 7.19. The van der Waals surface area contributed by atoms with E-state index in [0.717, 1.165) is 30.4 Å². The molecule has 24 heavy (non-hydrogen) atoms. The van der Waals surface area contributed by atoms with E-state index in [2.05, 4.69) is 11.4 Å². The van der Waals surface area contributed by atoms with E-state index in [1.807, 2.05) is 31.2 Å². The zero-order valence-corrected chi connectivity index (χ0v) is 13.9. The van der Waals surface area contributed by atoms with Gasteiger partial charge < -0.3 is 10.1 Å². The number of ether oxygens (including phenoxy) is 1. The van der Waals surface area contributed by atoms with Crippen LogP contribution in [0.1, 0.15) is 43.2 Å². The largest absolute Gasteiger partial charge is 0.452 e. The van der Waals surface area contributed by atoms with E-state index in [4.69, 9.17) is 4.74 Å². The Balaban J connectivity index is 1.82. The summed E-state index contributed by atoms with van der Waals surface area (Å²) in [6, 6.07) is 9.85. The van der Waals surface area contributed by atoms with E-state index >= 15 is 0 Å². The third kappa shape index (κ3) is 4.95. The van der Waals surface area contributed by atoms with Crippen LogP contribution in [0.5, 0.6) is 0 Å². The second-order valence-corrected chi connectivity index (χ2v) is 6.10. The summed E-state index contributed by atoms with van der Waals surface area (Å²) in [5, 5.41) is 12.0. The lowest BCUT2D eigenvalue weighted by Crippen LogP contribution is -2.49. The lowest BCUT2D eigenvalue weighted by molar-refractivity contribution is -0.144. The van der Waals surface area contributed by atoms with Crippen LogP contribution in [0.15, 0.2) is 30.3 Å². The number of nitrogens with zero attached hydrogens (tertiary/aromatic N) is 1. The molecule has 1 aromatic rings. The minimum atomic E-state index is -0.807. The van der Waals surface area contributed by atoms with E-state index in [1.165, 1.54) is 6.08 Å². The van der Waals surface area contributed by atoms with Gasteiger partial charge in [-0.1, -0.05) is 43.5 Å². The summed E-state index contributed by atoms with van der Waals surface area (Å²) in [5.74, 6) is -1.01. The average molecular weight is 326 g/mol. The lowest BCUT2D eigenvalue weighted by Gasteiger charge is -2.31. The molecule has 1 aliphatic rings. The smallest absolute Gasteiger partial charge is 0.331 e. The van der Waals surface area contributed by atoms with Gasteiger partial charge >= 0.3 is 5.97 Å². The first-order valence-electron chi connectivity index (χ1n) is 8.17. The summed E-state index contributed by atoms with van der Waals surface area (Å²) in [5.41, 5.74) is 1.16. The van der Waals surface area contributed by atoms with E-state index in [1.54, 1.807) is 6.08 Å². The molecule has 0 unspecified atom stereocenters. The Kier molecular flexibility index (Phi) is 6.14. The summed E-state index contributed by atoms with van der Waals surface area (Å²) < 4.78 is 4.95. The fourth-order valence-corrected chi connectivity index (χ4v) is 2.84. The Labute approximate surface area is 142 Å². The molecule has 0 saturated heterocycles. The highest BCUT2D eigenvalue weighted by Gasteiger charge is 2.33. The van der Waals surface area contributed by atoms with Crippen molar-refractivity contribution in [2.45, 2.75) is 44.6 Å². The van der Waals surface area contributed by atoms with Crippen molar-refractivity contribution in [3.63, 3.8) is 0 Å². The Hall–Kier alpha value is -2.61. The van der Waals surface area contributed by atoms with Crippen LogP contribution < -0.4 is 5.32 Å². The highest BCUT2D eigenvalue weighted by Crippen LogP contribution is 2.27. The number of nitriles is 1. The van der Waals surface area contributed by atoms with Gasteiger partial charge in [-0.05, 0) is 37.0 Å². The maximum Gasteiger partial charge on any atom is 0.331 e. The van der Waals surface area contributed by atoms with Gasteiger partial charge in [0.2, 0.25) is 0 Å². The van der Waals surface area contributed by atoms with Crippen molar-refractivity contribution in [3.05, 3.63) is 41.5 Å². The Bertz CT molecular complexity index is 667. The van der Waals surface area contributed by atoms with Gasteiger partial charge in [-0.25, -0.2) is 4.79 Å². The quantitative estimate of drug-likeness (QED) is 0.666. The van der Waals surface area contributed by atoms with E-state index in [0.29, 0.717) is 12.8 Å². The number of esters is 1. The number of amides is 1. The predicted octanol–water partition coefficient (Wildman–Crippen LogP) is 2.89. The normalized spacial score (nSPS) is 16.3. The van der Waals surface area contributed by atoms with E-state index in [-0.39, 0.29) is 6.61 Å². The molecule has 0 bridgehead atoms. The van der Waals surface area contributed by atoms with E-state index < -0.39 is 17.4 Å². The van der Waals surface area contributed by atoms with Crippen LogP contribution in [-0.2, 0) is 14.3 Å². The molecule has 0 spiro atoms. The Morgan fingerprint density at radius 3 is 2.67 bits per heavy atom. The van der Waals surface area contributed by atoms with Crippen LogP contribution in [0.3, 0.4) is 0 Å². The van der Waals surface area contributed by atoms with Crippen molar-refractivity contribution in [1.82, 2.24) is 5.32 Å². The highest BCUT2D eigenvalue weighted by atomic mass is 16.5. The van der Waals surface area contributed by atoms with Gasteiger partial charge in [0.05, 0.1) is 6.07 Å². The molecule has 1 amide bonds. The predicted molar refractivity (Wildman–Crippen MR) is 90.7 cm³/mol. The molecule has 5 nitrogen and oxygen atoms in total. The maximum absolute atomic E-state index is 11.9. The number of benzene rings is 1. The second-order valence-electron chi connectivity index (χ2n) is 6.10. The van der Waals surface area contributed by atoms with Crippen molar-refractivity contribution < 1.29 is 14.3 Å². The van der Waals surface area contributed by atoms with Gasteiger partial charge in [0, 0.05) is 6.08 Å². The molecule has 1 N–H and O–H groups in total. The number of hydrogen-bond acceptors (Lipinski definition) is 4. The molecule has 2 rings (SSSR count). The topological polar surface area (TPSA) is 79.2 Å². The number of carbonyl (C=O) groups excluding carboxylic acids is 2. The third-order valence-electron chi connectivity index (χ3n) is 4.23. The van der Waals surface area contributed by atoms with Crippen LogP contribution >= 0.6 is 0 Å². The molecular weight excluding hydrogens is 304 g/mol. The van der Waals surface area contributed by atoms with Gasteiger partial charge in [-0.3, -0.25) is 4.79 Å². The maximum atomic E-state index is 11.9. The third-order valence-corrected chi connectivity index (χ3v) is 4.23. The SMILES string of the molecule is Cc1ccccc1/C=C/C(=O)OCC(=O)NC1(C#N)CCCCC1. The molecule has 0 aromatic heterocycles. The molecule has 1 aromatic carbocycles. The summed E-state index contributed by atoms with van der Waals surface area (Å²) in [6.45, 7) is 1.57. The molecule has 1 saturated carbocycles. The van der Waals surface area contributed by atoms with Gasteiger partial charge in [0.25, 0.3) is 5.91 Å². The first kappa shape index (κ1) is 17.7. The molecule has 1 aliphatic carbocycles. The number of rotatable bonds is 5. The first-order valence-corrected chi connectivity index (χ1v) is 8.17. The van der Waals surface area contributed by atoms with Crippen molar-refractivity contribution in [1.29, 1.82) is 5.26 Å². The second kappa shape index (κ2) is 8.30. The summed E-state index contributed by atoms with van der Waals surface area (Å²) in [4.78, 5) is 23.7. The van der Waals surface area contributed by atoms with Gasteiger partial charge in [0.15, 0.2) is 6.61 Å². The van der Waals surface area contributed by atoms with Crippen LogP contribution in [0, 0.1) is 18.3 Å². The van der Waals surface area contributed by atoms with Gasteiger partial charge in [-0.2, -0.15) is 5.26 Å². The van der Waals surface area contributed by atoms with Crippen molar-refractivity contribution in [3.8, 4) is 6.07 Å². The molecule has 126 valence electrons. The number of hydrogen-bond donors (Lipinski definition) is 1. The van der Waals surface area contributed by atoms with Crippen LogP contribution in [0.4, 0.5) is 0 Å². The molecular formula is C19H22N2O3. The van der Waals surface area contributed by atoms with Gasteiger partial charge in [-0.15, -0.1) is 0 Å². The van der Waals surface area contributed by atoms with Crippen molar-refractivity contribution in [2.24, 2.45) is 0 Å². The monoisotopic (exact) mass is 326 g/mol. The van der Waals surface area contributed by atoms with Gasteiger partial charge in [0.1, 0.15) is 5.54 Å². The van der Waals surface area contributed by atoms with Crippen LogP contribution in [0.2, 0.25) is 0 Å². The number of nitrogens with one attached hydrogen (secondary N) is 1. The Morgan fingerprint density at radius 2 is 2.00 bits per heavy atom. The molecule has 1 fully saturated rings. The lowest BCUT2D eigenvalue weighted by atomic mass is 9.83. The standard InChI is InChI=1S/C19H22N2O3/c1-15-7-3-4-8-16(15)9-10-18(23)24-13-17(22)21-19(14-20)11-5-2-6-12-19/h3-4,7-10H,2,5-6,11-13H2,1H3,(H,21,22)/b10-9+. The fraction of sp³-hybridized carbons (Fsp3) is 0.421. The van der Waals surface area contributed by atoms with Crippen LogP contribution in [-0.4, -0.2) is 24.0 Å². The minimum absolute atomic E-state index is 0.375. The van der Waals surface area contributed by atoms with Crippen molar-refractivity contribution in [2.75, 3.05) is 6.61 Å². The number of aryl methyl sites for hydroxylation is 1.